The molecule has 1 amide bonds. The van der Waals surface area contributed by atoms with Gasteiger partial charge >= 0.3 is 0 Å². The minimum Gasteiger partial charge on any atom is -0.383 e. The van der Waals surface area contributed by atoms with Crippen LogP contribution in [0.1, 0.15) is 47.5 Å². The van der Waals surface area contributed by atoms with Gasteiger partial charge in [0.1, 0.15) is 0 Å². The van der Waals surface area contributed by atoms with Crippen LogP contribution in [0.4, 0.5) is 0 Å². The van der Waals surface area contributed by atoms with E-state index >= 15 is 0 Å². The van der Waals surface area contributed by atoms with E-state index in [1.807, 2.05) is 4.90 Å². The highest BCUT2D eigenvalue weighted by molar-refractivity contribution is 5.84. The Morgan fingerprint density at radius 1 is 1.32 bits per heavy atom. The zero-order valence-electron chi connectivity index (χ0n) is 13.3. The van der Waals surface area contributed by atoms with Gasteiger partial charge in [0.15, 0.2) is 0 Å². The highest BCUT2D eigenvalue weighted by atomic mass is 16.5. The maximum Gasteiger partial charge on any atom is 0.241 e. The molecule has 3 unspecified atom stereocenters. The molecule has 0 aromatic rings. The van der Waals surface area contributed by atoms with Crippen molar-refractivity contribution in [2.75, 3.05) is 13.7 Å². The van der Waals surface area contributed by atoms with Crippen LogP contribution in [0.2, 0.25) is 0 Å². The molecule has 4 nitrogen and oxygen atoms in total. The standard InChI is InChI=1S/C15H30N2O2/c1-7-12-15(18)17(13(9-19-6)11(4)5)14(16-12)8-10(2)3/h10-14,16H,7-9H2,1-6H3. The smallest absolute Gasteiger partial charge is 0.241 e. The third-order valence-electron chi connectivity index (χ3n) is 3.85. The molecule has 4 heteroatoms. The van der Waals surface area contributed by atoms with Crippen molar-refractivity contribution in [2.24, 2.45) is 11.8 Å². The SMILES string of the molecule is CCC1NC(CC(C)C)N(C(COC)C(C)C)C1=O. The molecule has 112 valence electrons. The summed E-state index contributed by atoms with van der Waals surface area (Å²) in [6.07, 6.45) is 2.00. The van der Waals surface area contributed by atoms with E-state index in [0.29, 0.717) is 18.4 Å². The van der Waals surface area contributed by atoms with Crippen LogP contribution in [-0.2, 0) is 9.53 Å². The molecular formula is C15H30N2O2. The van der Waals surface area contributed by atoms with Crippen molar-refractivity contribution in [3.8, 4) is 0 Å². The Labute approximate surface area is 117 Å². The number of carbonyl (C=O) groups is 1. The van der Waals surface area contributed by atoms with Crippen molar-refractivity contribution in [2.45, 2.75) is 65.7 Å². The van der Waals surface area contributed by atoms with Crippen LogP contribution >= 0.6 is 0 Å². The van der Waals surface area contributed by atoms with Crippen molar-refractivity contribution in [3.63, 3.8) is 0 Å². The Balaban J connectivity index is 2.91. The Morgan fingerprint density at radius 2 is 1.95 bits per heavy atom. The van der Waals surface area contributed by atoms with Gasteiger partial charge in [0.05, 0.1) is 24.9 Å². The van der Waals surface area contributed by atoms with Gasteiger partial charge in [-0.3, -0.25) is 10.1 Å². The highest BCUT2D eigenvalue weighted by Crippen LogP contribution is 2.25. The molecule has 19 heavy (non-hydrogen) atoms. The summed E-state index contributed by atoms with van der Waals surface area (Å²) in [7, 11) is 1.71. The van der Waals surface area contributed by atoms with Crippen LogP contribution in [0.3, 0.4) is 0 Å². The number of nitrogens with zero attached hydrogens (tertiary/aromatic N) is 1. The van der Waals surface area contributed by atoms with Gasteiger partial charge < -0.3 is 9.64 Å². The van der Waals surface area contributed by atoms with E-state index in [9.17, 15) is 4.79 Å². The zero-order valence-corrected chi connectivity index (χ0v) is 13.3. The Morgan fingerprint density at radius 3 is 2.37 bits per heavy atom. The fraction of sp³-hybridized carbons (Fsp3) is 0.933. The molecule has 1 rings (SSSR count). The number of amides is 1. The topological polar surface area (TPSA) is 41.6 Å². The van der Waals surface area contributed by atoms with E-state index in [2.05, 4.69) is 39.9 Å². The van der Waals surface area contributed by atoms with Gasteiger partial charge in [0, 0.05) is 7.11 Å². The normalized spacial score (nSPS) is 25.7. The fourth-order valence-corrected chi connectivity index (χ4v) is 2.80. The monoisotopic (exact) mass is 270 g/mol. The average molecular weight is 270 g/mol. The van der Waals surface area contributed by atoms with Crippen molar-refractivity contribution in [1.82, 2.24) is 10.2 Å². The summed E-state index contributed by atoms with van der Waals surface area (Å²) in [5.74, 6) is 1.21. The maximum atomic E-state index is 12.6. The van der Waals surface area contributed by atoms with Gasteiger partial charge in [-0.1, -0.05) is 34.6 Å². The first-order chi connectivity index (χ1) is 8.92. The molecule has 1 fully saturated rings. The van der Waals surface area contributed by atoms with Crippen LogP contribution in [0.15, 0.2) is 0 Å². The van der Waals surface area contributed by atoms with E-state index in [1.165, 1.54) is 0 Å². The van der Waals surface area contributed by atoms with E-state index in [0.717, 1.165) is 12.8 Å². The van der Waals surface area contributed by atoms with Crippen molar-refractivity contribution in [3.05, 3.63) is 0 Å². The van der Waals surface area contributed by atoms with Crippen molar-refractivity contribution in [1.29, 1.82) is 0 Å². The van der Waals surface area contributed by atoms with Gasteiger partial charge in [-0.2, -0.15) is 0 Å². The molecule has 0 saturated carbocycles. The predicted octanol–water partition coefficient (Wildman–Crippen LogP) is 2.24. The van der Waals surface area contributed by atoms with E-state index in [1.54, 1.807) is 7.11 Å². The number of carbonyl (C=O) groups excluding carboxylic acids is 1. The Bertz CT molecular complexity index is 292. The van der Waals surface area contributed by atoms with Gasteiger partial charge in [-0.15, -0.1) is 0 Å². The highest BCUT2D eigenvalue weighted by Gasteiger charge is 2.42. The first-order valence-electron chi connectivity index (χ1n) is 7.49. The number of rotatable bonds is 7. The minimum atomic E-state index is -0.0261. The summed E-state index contributed by atoms with van der Waals surface area (Å²) in [6, 6.07) is 0.132. The quantitative estimate of drug-likeness (QED) is 0.771. The summed E-state index contributed by atoms with van der Waals surface area (Å²) in [5, 5.41) is 3.49. The lowest BCUT2D eigenvalue weighted by Crippen LogP contribution is -2.49. The summed E-state index contributed by atoms with van der Waals surface area (Å²) in [6.45, 7) is 11.4. The number of methoxy groups -OCH3 is 1. The summed E-state index contributed by atoms with van der Waals surface area (Å²) in [4.78, 5) is 14.6. The molecule has 1 N–H and O–H groups in total. The number of nitrogens with one attached hydrogen (secondary N) is 1. The fourth-order valence-electron chi connectivity index (χ4n) is 2.80. The van der Waals surface area contributed by atoms with Crippen LogP contribution in [0.5, 0.6) is 0 Å². The molecule has 1 heterocycles. The summed E-state index contributed by atoms with van der Waals surface area (Å²) in [5.41, 5.74) is 0. The molecule has 0 aliphatic carbocycles. The molecule has 0 bridgehead atoms. The van der Waals surface area contributed by atoms with Crippen LogP contribution in [0, 0.1) is 11.8 Å². The third kappa shape index (κ3) is 3.93. The first kappa shape index (κ1) is 16.4. The molecule has 0 radical (unpaired) electrons. The van der Waals surface area contributed by atoms with E-state index in [-0.39, 0.29) is 24.2 Å². The lowest BCUT2D eigenvalue weighted by Gasteiger charge is -2.35. The molecule has 3 atom stereocenters. The third-order valence-corrected chi connectivity index (χ3v) is 3.85. The Hall–Kier alpha value is -0.610. The molecule has 1 saturated heterocycles. The largest absolute Gasteiger partial charge is 0.383 e. The van der Waals surface area contributed by atoms with Gasteiger partial charge in [0.25, 0.3) is 0 Å². The zero-order chi connectivity index (χ0) is 14.6. The lowest BCUT2D eigenvalue weighted by atomic mass is 10.0. The van der Waals surface area contributed by atoms with Crippen molar-refractivity contribution < 1.29 is 9.53 Å². The van der Waals surface area contributed by atoms with Gasteiger partial charge in [-0.25, -0.2) is 0 Å². The minimum absolute atomic E-state index is 0.0261. The second-order valence-corrected chi connectivity index (χ2v) is 6.29. The van der Waals surface area contributed by atoms with Crippen LogP contribution < -0.4 is 5.32 Å². The molecule has 0 spiro atoms. The van der Waals surface area contributed by atoms with Crippen LogP contribution in [0.25, 0.3) is 0 Å². The van der Waals surface area contributed by atoms with Gasteiger partial charge in [-0.05, 0) is 24.7 Å². The van der Waals surface area contributed by atoms with Gasteiger partial charge in [0.2, 0.25) is 5.91 Å². The summed E-state index contributed by atoms with van der Waals surface area (Å²) < 4.78 is 5.33. The van der Waals surface area contributed by atoms with E-state index in [4.69, 9.17) is 4.74 Å². The molecule has 1 aliphatic rings. The lowest BCUT2D eigenvalue weighted by molar-refractivity contribution is -0.134. The molecule has 0 aromatic heterocycles. The second kappa shape index (κ2) is 7.25. The summed E-state index contributed by atoms with van der Waals surface area (Å²) >= 11 is 0. The Kier molecular flexibility index (Phi) is 6.27. The molecule has 1 aliphatic heterocycles. The predicted molar refractivity (Wildman–Crippen MR) is 77.8 cm³/mol. The average Bonchev–Trinajstić information content (AvgIpc) is 2.62. The van der Waals surface area contributed by atoms with Crippen molar-refractivity contribution >= 4 is 5.91 Å². The first-order valence-corrected chi connectivity index (χ1v) is 7.49. The number of hydrogen-bond acceptors (Lipinski definition) is 3. The molecular weight excluding hydrogens is 240 g/mol. The van der Waals surface area contributed by atoms with E-state index < -0.39 is 0 Å². The van der Waals surface area contributed by atoms with Crippen LogP contribution in [-0.4, -0.2) is 42.8 Å². The number of ether oxygens (including phenoxy) is 1. The second-order valence-electron chi connectivity index (χ2n) is 6.29. The molecule has 0 aromatic carbocycles. The maximum absolute atomic E-state index is 12.6. The number of hydrogen-bond donors (Lipinski definition) is 1.